The fourth-order valence-electron chi connectivity index (χ4n) is 2.54. The van der Waals surface area contributed by atoms with Crippen LogP contribution in [0.4, 0.5) is 18.9 Å². The summed E-state index contributed by atoms with van der Waals surface area (Å²) in [5, 5.41) is 0.947. The van der Waals surface area contributed by atoms with E-state index in [9.17, 15) is 13.2 Å². The second-order valence-corrected chi connectivity index (χ2v) is 6.96. The summed E-state index contributed by atoms with van der Waals surface area (Å²) in [5.41, 5.74) is 2.39. The van der Waals surface area contributed by atoms with Gasteiger partial charge in [-0.15, -0.1) is 13.2 Å². The number of pyridine rings is 1. The SMILES string of the molecule is CN(C)Cc1ccc2cccc(NSc3ccccc3OC(F)(F)F)c2n1. The van der Waals surface area contributed by atoms with E-state index in [0.717, 1.165) is 34.2 Å². The zero-order valence-electron chi connectivity index (χ0n) is 14.7. The van der Waals surface area contributed by atoms with Crippen molar-refractivity contribution in [2.24, 2.45) is 0 Å². The number of ether oxygens (including phenoxy) is 1. The molecule has 1 aromatic heterocycles. The number of rotatable bonds is 6. The van der Waals surface area contributed by atoms with E-state index >= 15 is 0 Å². The number of hydrogen-bond donors (Lipinski definition) is 1. The first-order valence-corrected chi connectivity index (χ1v) is 8.94. The molecule has 0 spiro atoms. The van der Waals surface area contributed by atoms with Crippen molar-refractivity contribution in [1.29, 1.82) is 0 Å². The lowest BCUT2D eigenvalue weighted by molar-refractivity contribution is -0.275. The van der Waals surface area contributed by atoms with E-state index in [0.29, 0.717) is 11.4 Å². The van der Waals surface area contributed by atoms with Crippen molar-refractivity contribution >= 4 is 28.5 Å². The lowest BCUT2D eigenvalue weighted by atomic mass is 10.2. The minimum Gasteiger partial charge on any atom is -0.405 e. The third kappa shape index (κ3) is 5.27. The largest absolute Gasteiger partial charge is 0.573 e. The van der Waals surface area contributed by atoms with Crippen molar-refractivity contribution in [3.05, 3.63) is 60.3 Å². The van der Waals surface area contributed by atoms with E-state index in [1.807, 2.05) is 49.3 Å². The third-order valence-electron chi connectivity index (χ3n) is 3.60. The van der Waals surface area contributed by atoms with Crippen LogP contribution in [-0.2, 0) is 6.54 Å². The van der Waals surface area contributed by atoms with Gasteiger partial charge in [0.05, 0.1) is 21.8 Å². The Morgan fingerprint density at radius 2 is 1.81 bits per heavy atom. The summed E-state index contributed by atoms with van der Waals surface area (Å²) in [7, 11) is 3.92. The van der Waals surface area contributed by atoms with Gasteiger partial charge in [-0.3, -0.25) is 0 Å². The van der Waals surface area contributed by atoms with Crippen molar-refractivity contribution < 1.29 is 17.9 Å². The van der Waals surface area contributed by atoms with E-state index < -0.39 is 6.36 Å². The molecule has 0 aliphatic rings. The van der Waals surface area contributed by atoms with Gasteiger partial charge >= 0.3 is 6.36 Å². The molecule has 0 aliphatic carbocycles. The Morgan fingerprint density at radius 3 is 2.56 bits per heavy atom. The number of para-hydroxylation sites is 2. The molecule has 27 heavy (non-hydrogen) atoms. The topological polar surface area (TPSA) is 37.4 Å². The molecule has 1 heterocycles. The summed E-state index contributed by atoms with van der Waals surface area (Å²) in [6, 6.07) is 15.6. The average Bonchev–Trinajstić information content (AvgIpc) is 2.59. The Labute approximate surface area is 159 Å². The minimum absolute atomic E-state index is 0.246. The van der Waals surface area contributed by atoms with Crippen LogP contribution in [0.5, 0.6) is 5.75 Å². The Kier molecular flexibility index (Phi) is 5.76. The Morgan fingerprint density at radius 1 is 1.04 bits per heavy atom. The molecular weight excluding hydrogens is 375 g/mol. The molecule has 0 amide bonds. The van der Waals surface area contributed by atoms with Crippen LogP contribution < -0.4 is 9.46 Å². The number of aromatic nitrogens is 1. The molecule has 0 bridgehead atoms. The predicted octanol–water partition coefficient (Wildman–Crippen LogP) is 5.31. The average molecular weight is 393 g/mol. The lowest BCUT2D eigenvalue weighted by Gasteiger charge is -2.14. The van der Waals surface area contributed by atoms with Gasteiger partial charge in [-0.1, -0.05) is 30.3 Å². The summed E-state index contributed by atoms with van der Waals surface area (Å²) >= 11 is 1.05. The smallest absolute Gasteiger partial charge is 0.405 e. The van der Waals surface area contributed by atoms with E-state index in [1.165, 1.54) is 12.1 Å². The molecule has 0 aliphatic heterocycles. The Hall–Kier alpha value is -2.45. The molecule has 0 fully saturated rings. The molecule has 0 saturated heterocycles. The number of anilines is 1. The van der Waals surface area contributed by atoms with Crippen LogP contribution in [-0.4, -0.2) is 30.3 Å². The first-order chi connectivity index (χ1) is 12.8. The molecule has 2 aromatic carbocycles. The van der Waals surface area contributed by atoms with Gasteiger partial charge in [0.25, 0.3) is 0 Å². The number of alkyl halides is 3. The van der Waals surface area contributed by atoms with E-state index in [4.69, 9.17) is 0 Å². The lowest BCUT2D eigenvalue weighted by Crippen LogP contribution is -2.17. The highest BCUT2D eigenvalue weighted by Gasteiger charge is 2.32. The Bertz CT molecular complexity index is 931. The molecule has 8 heteroatoms. The van der Waals surface area contributed by atoms with Gasteiger partial charge in [0.1, 0.15) is 5.75 Å². The zero-order chi connectivity index (χ0) is 19.4. The van der Waals surface area contributed by atoms with Gasteiger partial charge < -0.3 is 14.4 Å². The minimum atomic E-state index is -4.74. The molecule has 1 N–H and O–H groups in total. The quantitative estimate of drug-likeness (QED) is 0.574. The second kappa shape index (κ2) is 8.06. The molecule has 3 aromatic rings. The maximum atomic E-state index is 12.6. The highest BCUT2D eigenvalue weighted by Crippen LogP contribution is 2.34. The molecular formula is C19H18F3N3OS. The van der Waals surface area contributed by atoms with Gasteiger partial charge in [-0.05, 0) is 50.3 Å². The standard InChI is InChI=1S/C19H18F3N3OS/c1-25(2)12-14-11-10-13-6-5-7-15(18(13)23-14)24-27-17-9-4-3-8-16(17)26-19(20,21)22/h3-11,24H,12H2,1-2H3. The monoisotopic (exact) mass is 393 g/mol. The second-order valence-electron chi connectivity index (χ2n) is 6.12. The molecule has 4 nitrogen and oxygen atoms in total. The fraction of sp³-hybridized carbons (Fsp3) is 0.211. The number of nitrogens with zero attached hydrogens (tertiary/aromatic N) is 2. The highest BCUT2D eigenvalue weighted by atomic mass is 32.2. The van der Waals surface area contributed by atoms with Crippen LogP contribution in [0.15, 0.2) is 59.5 Å². The molecule has 0 saturated carbocycles. The van der Waals surface area contributed by atoms with E-state index in [2.05, 4.69) is 14.4 Å². The molecule has 0 unspecified atom stereocenters. The molecule has 0 atom stereocenters. The van der Waals surface area contributed by atoms with E-state index in [1.54, 1.807) is 12.1 Å². The molecule has 3 rings (SSSR count). The van der Waals surface area contributed by atoms with Crippen LogP contribution in [0.3, 0.4) is 0 Å². The van der Waals surface area contributed by atoms with Gasteiger partial charge in [-0.2, -0.15) is 0 Å². The molecule has 0 radical (unpaired) electrons. The number of nitrogens with one attached hydrogen (secondary N) is 1. The van der Waals surface area contributed by atoms with Gasteiger partial charge in [0.15, 0.2) is 0 Å². The third-order valence-corrected chi connectivity index (χ3v) is 4.48. The van der Waals surface area contributed by atoms with Crippen molar-refractivity contribution in [1.82, 2.24) is 9.88 Å². The zero-order valence-corrected chi connectivity index (χ0v) is 15.6. The summed E-state index contributed by atoms with van der Waals surface area (Å²) in [6.45, 7) is 0.694. The maximum Gasteiger partial charge on any atom is 0.573 e. The number of benzene rings is 2. The maximum absolute atomic E-state index is 12.6. The van der Waals surface area contributed by atoms with Crippen molar-refractivity contribution in [2.75, 3.05) is 18.8 Å². The normalized spacial score (nSPS) is 11.8. The van der Waals surface area contributed by atoms with Gasteiger partial charge in [0, 0.05) is 11.9 Å². The fourth-order valence-corrected chi connectivity index (χ4v) is 3.28. The van der Waals surface area contributed by atoms with E-state index in [-0.39, 0.29) is 5.75 Å². The Balaban J connectivity index is 1.85. The first-order valence-electron chi connectivity index (χ1n) is 8.13. The van der Waals surface area contributed by atoms with Gasteiger partial charge in [0.2, 0.25) is 0 Å². The number of hydrogen-bond acceptors (Lipinski definition) is 5. The number of fused-ring (bicyclic) bond motifs is 1. The van der Waals surface area contributed by atoms with Crippen molar-refractivity contribution in [3.63, 3.8) is 0 Å². The highest BCUT2D eigenvalue weighted by molar-refractivity contribution is 8.00. The van der Waals surface area contributed by atoms with Crippen LogP contribution in [0, 0.1) is 0 Å². The number of halogens is 3. The van der Waals surface area contributed by atoms with Crippen molar-refractivity contribution in [2.45, 2.75) is 17.8 Å². The van der Waals surface area contributed by atoms with Crippen LogP contribution >= 0.6 is 11.9 Å². The summed E-state index contributed by atoms with van der Waals surface area (Å²) in [4.78, 5) is 7.03. The predicted molar refractivity (Wildman–Crippen MR) is 102 cm³/mol. The van der Waals surface area contributed by atoms with Gasteiger partial charge in [-0.25, -0.2) is 4.98 Å². The summed E-state index contributed by atoms with van der Waals surface area (Å²) in [5.74, 6) is -0.246. The molecule has 142 valence electrons. The van der Waals surface area contributed by atoms with Crippen LogP contribution in [0.2, 0.25) is 0 Å². The van der Waals surface area contributed by atoms with Crippen LogP contribution in [0.1, 0.15) is 5.69 Å². The van der Waals surface area contributed by atoms with Crippen LogP contribution in [0.25, 0.3) is 10.9 Å². The van der Waals surface area contributed by atoms with Crippen molar-refractivity contribution in [3.8, 4) is 5.75 Å². The first kappa shape index (κ1) is 19.3. The summed E-state index contributed by atoms with van der Waals surface area (Å²) < 4.78 is 44.9. The summed E-state index contributed by atoms with van der Waals surface area (Å²) in [6.07, 6.45) is -4.74.